The standard InChI is InChI=1S/C19H34Br2O/c1-3-4-5-6-7-8-9-10-11-12-13-14-15-16-17-19(2,21)18(20)22/h6-7,16-18,22H,3-5,8-15H2,1-2H3/b7-6+,17-16+. The molecule has 0 spiro atoms. The number of unbranched alkanes of at least 4 members (excludes halogenated alkanes) is 9. The molecule has 0 bridgehead atoms. The number of hydrogen-bond donors (Lipinski definition) is 1. The zero-order chi connectivity index (χ0) is 16.7. The fourth-order valence-corrected chi connectivity index (χ4v) is 2.52. The highest BCUT2D eigenvalue weighted by Crippen LogP contribution is 2.27. The second kappa shape index (κ2) is 15.0. The third-order valence-electron chi connectivity index (χ3n) is 3.79. The summed E-state index contributed by atoms with van der Waals surface area (Å²) in [6.07, 6.45) is 23.1. The molecule has 0 amide bonds. The van der Waals surface area contributed by atoms with Crippen LogP contribution in [0.2, 0.25) is 0 Å². The summed E-state index contributed by atoms with van der Waals surface area (Å²) < 4.78 is -0.363. The monoisotopic (exact) mass is 436 g/mol. The van der Waals surface area contributed by atoms with Crippen LogP contribution in [0, 0.1) is 0 Å². The zero-order valence-corrected chi connectivity index (χ0v) is 17.5. The van der Waals surface area contributed by atoms with E-state index in [9.17, 15) is 5.11 Å². The van der Waals surface area contributed by atoms with E-state index in [4.69, 9.17) is 0 Å². The fraction of sp³-hybridized carbons (Fsp3) is 0.789. The lowest BCUT2D eigenvalue weighted by Crippen LogP contribution is -2.24. The van der Waals surface area contributed by atoms with Crippen LogP contribution in [0.1, 0.15) is 84.5 Å². The molecule has 22 heavy (non-hydrogen) atoms. The van der Waals surface area contributed by atoms with E-state index in [1.54, 1.807) is 0 Å². The zero-order valence-electron chi connectivity index (χ0n) is 14.4. The Hall–Kier alpha value is 0.400. The molecule has 0 fully saturated rings. The molecule has 0 aliphatic carbocycles. The third kappa shape index (κ3) is 14.0. The van der Waals surface area contributed by atoms with Gasteiger partial charge in [-0.2, -0.15) is 0 Å². The summed E-state index contributed by atoms with van der Waals surface area (Å²) in [7, 11) is 0. The maximum atomic E-state index is 9.50. The Bertz CT molecular complexity index is 296. The van der Waals surface area contributed by atoms with Gasteiger partial charge in [0.1, 0.15) is 5.01 Å². The number of hydrogen-bond acceptors (Lipinski definition) is 1. The van der Waals surface area contributed by atoms with Crippen LogP contribution in [-0.2, 0) is 0 Å². The van der Waals surface area contributed by atoms with Gasteiger partial charge in [-0.15, -0.1) is 0 Å². The van der Waals surface area contributed by atoms with Crippen molar-refractivity contribution >= 4 is 31.9 Å². The van der Waals surface area contributed by atoms with Gasteiger partial charge in [0.25, 0.3) is 0 Å². The minimum atomic E-state index is -0.549. The van der Waals surface area contributed by atoms with E-state index in [0.717, 1.165) is 6.42 Å². The van der Waals surface area contributed by atoms with Gasteiger partial charge in [0.15, 0.2) is 0 Å². The molecule has 0 aromatic heterocycles. The minimum Gasteiger partial charge on any atom is -0.380 e. The molecule has 1 N–H and O–H groups in total. The van der Waals surface area contributed by atoms with Crippen LogP contribution in [-0.4, -0.2) is 14.4 Å². The lowest BCUT2D eigenvalue weighted by Gasteiger charge is -2.19. The molecule has 130 valence electrons. The summed E-state index contributed by atoms with van der Waals surface area (Å²) in [6.45, 7) is 4.20. The number of alkyl halides is 2. The number of aliphatic hydroxyl groups excluding tert-OH is 1. The summed E-state index contributed by atoms with van der Waals surface area (Å²) in [5, 5.41) is 8.95. The van der Waals surface area contributed by atoms with Crippen LogP contribution in [0.4, 0.5) is 0 Å². The van der Waals surface area contributed by atoms with Gasteiger partial charge in [0.2, 0.25) is 0 Å². The summed E-state index contributed by atoms with van der Waals surface area (Å²) >= 11 is 6.68. The first-order valence-electron chi connectivity index (χ1n) is 8.84. The average Bonchev–Trinajstić information content (AvgIpc) is 2.47. The Morgan fingerprint density at radius 1 is 0.864 bits per heavy atom. The van der Waals surface area contributed by atoms with Crippen LogP contribution in [0.3, 0.4) is 0 Å². The lowest BCUT2D eigenvalue weighted by molar-refractivity contribution is 0.250. The number of allylic oxidation sites excluding steroid dienone is 3. The van der Waals surface area contributed by atoms with E-state index in [1.165, 1.54) is 64.2 Å². The maximum Gasteiger partial charge on any atom is 0.127 e. The highest BCUT2D eigenvalue weighted by atomic mass is 79.9. The van der Waals surface area contributed by atoms with E-state index >= 15 is 0 Å². The van der Waals surface area contributed by atoms with Gasteiger partial charge in [-0.1, -0.05) is 102 Å². The van der Waals surface area contributed by atoms with Gasteiger partial charge in [-0.25, -0.2) is 0 Å². The normalized spacial score (nSPS) is 16.4. The third-order valence-corrected chi connectivity index (χ3v) is 6.06. The number of halogens is 2. The molecule has 0 aromatic carbocycles. The SMILES string of the molecule is CCCC/C=C/CCCCCCCC/C=C/C(C)(Br)C(O)Br. The van der Waals surface area contributed by atoms with Gasteiger partial charge in [0, 0.05) is 0 Å². The number of aliphatic hydroxyl groups is 1. The molecule has 0 aliphatic heterocycles. The van der Waals surface area contributed by atoms with E-state index in [2.05, 4.69) is 57.0 Å². The molecule has 0 saturated carbocycles. The van der Waals surface area contributed by atoms with Crippen molar-refractivity contribution in [2.75, 3.05) is 0 Å². The van der Waals surface area contributed by atoms with E-state index in [0.29, 0.717) is 0 Å². The first-order chi connectivity index (χ1) is 10.5. The fourth-order valence-electron chi connectivity index (χ4n) is 2.18. The second-order valence-electron chi connectivity index (χ2n) is 6.20. The molecule has 0 aromatic rings. The molecular formula is C19H34Br2O. The molecule has 3 heteroatoms. The summed E-state index contributed by atoms with van der Waals surface area (Å²) in [5.41, 5.74) is 0. The lowest BCUT2D eigenvalue weighted by atomic mass is 10.1. The van der Waals surface area contributed by atoms with Crippen molar-refractivity contribution in [2.45, 2.75) is 93.8 Å². The van der Waals surface area contributed by atoms with Gasteiger partial charge < -0.3 is 5.11 Å². The van der Waals surface area contributed by atoms with E-state index in [-0.39, 0.29) is 4.32 Å². The van der Waals surface area contributed by atoms with Gasteiger partial charge in [0.05, 0.1) is 4.32 Å². The molecule has 1 nitrogen and oxygen atoms in total. The van der Waals surface area contributed by atoms with Crippen molar-refractivity contribution in [1.29, 1.82) is 0 Å². The average molecular weight is 438 g/mol. The summed E-state index contributed by atoms with van der Waals surface area (Å²) in [6, 6.07) is 0. The molecule has 0 heterocycles. The van der Waals surface area contributed by atoms with Crippen molar-refractivity contribution in [3.63, 3.8) is 0 Å². The minimum absolute atomic E-state index is 0.363. The molecular weight excluding hydrogens is 404 g/mol. The van der Waals surface area contributed by atoms with Crippen molar-refractivity contribution < 1.29 is 5.11 Å². The first kappa shape index (κ1) is 22.4. The molecule has 0 aliphatic rings. The predicted octanol–water partition coefficient (Wildman–Crippen LogP) is 7.28. The van der Waals surface area contributed by atoms with Crippen molar-refractivity contribution in [2.24, 2.45) is 0 Å². The van der Waals surface area contributed by atoms with Gasteiger partial charge >= 0.3 is 0 Å². The van der Waals surface area contributed by atoms with Crippen LogP contribution in [0.25, 0.3) is 0 Å². The Kier molecular flexibility index (Phi) is 15.2. The van der Waals surface area contributed by atoms with Crippen molar-refractivity contribution in [3.05, 3.63) is 24.3 Å². The molecule has 0 radical (unpaired) electrons. The molecule has 0 rings (SSSR count). The van der Waals surface area contributed by atoms with Crippen LogP contribution in [0.5, 0.6) is 0 Å². The Balaban J connectivity index is 3.34. The smallest absolute Gasteiger partial charge is 0.127 e. The summed E-state index contributed by atoms with van der Waals surface area (Å²) in [4.78, 5) is 0. The predicted molar refractivity (Wildman–Crippen MR) is 107 cm³/mol. The number of rotatable bonds is 14. The molecule has 0 saturated heterocycles. The van der Waals surface area contributed by atoms with Crippen molar-refractivity contribution in [3.8, 4) is 0 Å². The van der Waals surface area contributed by atoms with Gasteiger partial charge in [-0.05, 0) is 39.0 Å². The highest BCUT2D eigenvalue weighted by molar-refractivity contribution is 9.12. The molecule has 2 unspecified atom stereocenters. The largest absolute Gasteiger partial charge is 0.380 e. The van der Waals surface area contributed by atoms with Crippen LogP contribution >= 0.6 is 31.9 Å². The van der Waals surface area contributed by atoms with E-state index in [1.807, 2.05) is 13.0 Å². The van der Waals surface area contributed by atoms with Crippen molar-refractivity contribution in [1.82, 2.24) is 0 Å². The Labute approximate surface area is 154 Å². The topological polar surface area (TPSA) is 20.2 Å². The summed E-state index contributed by atoms with van der Waals surface area (Å²) in [5.74, 6) is 0. The molecule has 2 atom stereocenters. The maximum absolute atomic E-state index is 9.50. The highest BCUT2D eigenvalue weighted by Gasteiger charge is 2.23. The van der Waals surface area contributed by atoms with E-state index < -0.39 is 5.01 Å². The Morgan fingerprint density at radius 2 is 1.32 bits per heavy atom. The Morgan fingerprint density at radius 3 is 1.82 bits per heavy atom. The van der Waals surface area contributed by atoms with Gasteiger partial charge in [-0.3, -0.25) is 0 Å². The van der Waals surface area contributed by atoms with Crippen LogP contribution in [0.15, 0.2) is 24.3 Å². The first-order valence-corrected chi connectivity index (χ1v) is 10.5. The second-order valence-corrected chi connectivity index (χ2v) is 8.78. The quantitative estimate of drug-likeness (QED) is 0.172. The van der Waals surface area contributed by atoms with Crippen LogP contribution < -0.4 is 0 Å².